The van der Waals surface area contributed by atoms with Gasteiger partial charge in [-0.1, -0.05) is 41.9 Å². The third-order valence-electron chi connectivity index (χ3n) is 5.05. The van der Waals surface area contributed by atoms with E-state index in [1.165, 1.54) is 6.42 Å². The summed E-state index contributed by atoms with van der Waals surface area (Å²) in [7, 11) is 1.92. The molecule has 0 spiro atoms. The second kappa shape index (κ2) is 9.53. The molecule has 1 saturated heterocycles. The number of unbranched alkanes of at least 4 members (excludes halogenated alkanes) is 2. The summed E-state index contributed by atoms with van der Waals surface area (Å²) in [5.41, 5.74) is 1.98. The Morgan fingerprint density at radius 2 is 2.12 bits per heavy atom. The average molecular weight is 355 g/mol. The van der Waals surface area contributed by atoms with Crippen molar-refractivity contribution in [2.45, 2.75) is 51.0 Å². The standard InChI is InChI=1S/C21H29N3O2/c1-24(21(25)15-18-11-8-13-22-18)14-7-3-6-12-19-16-20(23-26-19)17-9-4-2-5-10-17/h2,4-5,9-10,16,18,22H,3,6-8,11-15H2,1H3. The van der Waals surface area contributed by atoms with E-state index in [9.17, 15) is 4.79 Å². The number of nitrogens with one attached hydrogen (secondary N) is 1. The summed E-state index contributed by atoms with van der Waals surface area (Å²) < 4.78 is 5.44. The molecule has 26 heavy (non-hydrogen) atoms. The molecule has 1 unspecified atom stereocenters. The molecule has 5 nitrogen and oxygen atoms in total. The molecular weight excluding hydrogens is 326 g/mol. The fraction of sp³-hybridized carbons (Fsp3) is 0.524. The second-order valence-electron chi connectivity index (χ2n) is 7.17. The molecular formula is C21H29N3O2. The van der Waals surface area contributed by atoms with Crippen LogP contribution in [0.2, 0.25) is 0 Å². The highest BCUT2D eigenvalue weighted by Gasteiger charge is 2.19. The molecule has 2 aromatic rings. The van der Waals surface area contributed by atoms with Crippen LogP contribution in [-0.2, 0) is 11.2 Å². The lowest BCUT2D eigenvalue weighted by Gasteiger charge is -2.19. The fourth-order valence-corrected chi connectivity index (χ4v) is 3.42. The normalized spacial score (nSPS) is 16.7. The Labute approximate surface area is 155 Å². The van der Waals surface area contributed by atoms with E-state index in [0.29, 0.717) is 12.5 Å². The smallest absolute Gasteiger partial charge is 0.223 e. The molecule has 140 valence electrons. The molecule has 1 aliphatic heterocycles. The molecule has 0 radical (unpaired) electrons. The highest BCUT2D eigenvalue weighted by atomic mass is 16.5. The Balaban J connectivity index is 1.31. The van der Waals surface area contributed by atoms with Gasteiger partial charge in [-0.25, -0.2) is 0 Å². The Kier molecular flexibility index (Phi) is 6.83. The highest BCUT2D eigenvalue weighted by Crippen LogP contribution is 2.19. The summed E-state index contributed by atoms with van der Waals surface area (Å²) in [4.78, 5) is 14.1. The molecule has 1 aliphatic rings. The van der Waals surface area contributed by atoms with Gasteiger partial charge in [-0.2, -0.15) is 0 Å². The minimum atomic E-state index is 0.257. The van der Waals surface area contributed by atoms with E-state index < -0.39 is 0 Å². The molecule has 1 fully saturated rings. The van der Waals surface area contributed by atoms with Crippen LogP contribution in [0.3, 0.4) is 0 Å². The minimum Gasteiger partial charge on any atom is -0.361 e. The van der Waals surface area contributed by atoms with E-state index in [1.54, 1.807) is 0 Å². The number of benzene rings is 1. The quantitative estimate of drug-likeness (QED) is 0.698. The van der Waals surface area contributed by atoms with Gasteiger partial charge in [-0.05, 0) is 32.2 Å². The number of carbonyl (C=O) groups is 1. The van der Waals surface area contributed by atoms with Gasteiger partial charge < -0.3 is 14.7 Å². The van der Waals surface area contributed by atoms with Crippen LogP contribution in [0.1, 0.15) is 44.3 Å². The third-order valence-corrected chi connectivity index (χ3v) is 5.05. The molecule has 0 aliphatic carbocycles. The summed E-state index contributed by atoms with van der Waals surface area (Å²) in [5, 5.41) is 7.54. The maximum Gasteiger partial charge on any atom is 0.223 e. The van der Waals surface area contributed by atoms with Crippen molar-refractivity contribution in [3.8, 4) is 11.3 Å². The van der Waals surface area contributed by atoms with Crippen molar-refractivity contribution in [1.82, 2.24) is 15.4 Å². The van der Waals surface area contributed by atoms with Crippen LogP contribution in [0, 0.1) is 0 Å². The Morgan fingerprint density at radius 1 is 1.27 bits per heavy atom. The molecule has 3 rings (SSSR count). The van der Waals surface area contributed by atoms with Crippen LogP contribution < -0.4 is 5.32 Å². The average Bonchev–Trinajstić information content (AvgIpc) is 3.34. The maximum atomic E-state index is 12.2. The Hall–Kier alpha value is -2.14. The summed E-state index contributed by atoms with van der Waals surface area (Å²) in [6, 6.07) is 12.5. The van der Waals surface area contributed by atoms with Gasteiger partial charge in [-0.15, -0.1) is 0 Å². The third kappa shape index (κ3) is 5.43. The predicted molar refractivity (Wildman–Crippen MR) is 103 cm³/mol. The van der Waals surface area contributed by atoms with Crippen molar-refractivity contribution in [2.75, 3.05) is 20.1 Å². The number of aromatic nitrogens is 1. The van der Waals surface area contributed by atoms with Gasteiger partial charge in [0.05, 0.1) is 0 Å². The van der Waals surface area contributed by atoms with Crippen LogP contribution in [0.15, 0.2) is 40.9 Å². The van der Waals surface area contributed by atoms with E-state index in [4.69, 9.17) is 4.52 Å². The maximum absolute atomic E-state index is 12.2. The van der Waals surface area contributed by atoms with Crippen molar-refractivity contribution in [3.05, 3.63) is 42.2 Å². The van der Waals surface area contributed by atoms with Crippen molar-refractivity contribution >= 4 is 5.91 Å². The van der Waals surface area contributed by atoms with Gasteiger partial charge in [0.15, 0.2) is 0 Å². The first-order chi connectivity index (χ1) is 12.7. The molecule has 1 aromatic heterocycles. The largest absolute Gasteiger partial charge is 0.361 e. The van der Waals surface area contributed by atoms with E-state index in [1.807, 2.05) is 48.3 Å². The zero-order chi connectivity index (χ0) is 18.2. The monoisotopic (exact) mass is 355 g/mol. The molecule has 0 saturated carbocycles. The fourth-order valence-electron chi connectivity index (χ4n) is 3.42. The predicted octanol–water partition coefficient (Wildman–Crippen LogP) is 3.65. The highest BCUT2D eigenvalue weighted by molar-refractivity contribution is 5.76. The lowest BCUT2D eigenvalue weighted by molar-refractivity contribution is -0.130. The number of carbonyl (C=O) groups excluding carboxylic acids is 1. The van der Waals surface area contributed by atoms with Gasteiger partial charge in [0.1, 0.15) is 11.5 Å². The summed E-state index contributed by atoms with van der Waals surface area (Å²) in [6.45, 7) is 1.88. The van der Waals surface area contributed by atoms with Crippen LogP contribution >= 0.6 is 0 Å². The van der Waals surface area contributed by atoms with Gasteiger partial charge in [0, 0.05) is 44.1 Å². The van der Waals surface area contributed by atoms with E-state index in [-0.39, 0.29) is 5.91 Å². The van der Waals surface area contributed by atoms with Crippen molar-refractivity contribution in [1.29, 1.82) is 0 Å². The first-order valence-electron chi connectivity index (χ1n) is 9.71. The lowest BCUT2D eigenvalue weighted by Crippen LogP contribution is -2.33. The van der Waals surface area contributed by atoms with E-state index in [0.717, 1.165) is 62.2 Å². The van der Waals surface area contributed by atoms with Crippen molar-refractivity contribution in [2.24, 2.45) is 0 Å². The zero-order valence-corrected chi connectivity index (χ0v) is 15.6. The molecule has 1 aromatic carbocycles. The molecule has 1 atom stereocenters. The molecule has 1 amide bonds. The van der Waals surface area contributed by atoms with Crippen LogP contribution in [-0.4, -0.2) is 42.1 Å². The van der Waals surface area contributed by atoms with Crippen LogP contribution in [0.25, 0.3) is 11.3 Å². The molecule has 0 bridgehead atoms. The van der Waals surface area contributed by atoms with Gasteiger partial charge in [0.25, 0.3) is 0 Å². The number of hydrogen-bond donors (Lipinski definition) is 1. The second-order valence-corrected chi connectivity index (χ2v) is 7.17. The first-order valence-corrected chi connectivity index (χ1v) is 9.71. The Morgan fingerprint density at radius 3 is 2.88 bits per heavy atom. The van der Waals surface area contributed by atoms with Crippen molar-refractivity contribution in [3.63, 3.8) is 0 Å². The topological polar surface area (TPSA) is 58.4 Å². The molecule has 5 heteroatoms. The lowest BCUT2D eigenvalue weighted by atomic mass is 10.1. The van der Waals surface area contributed by atoms with E-state index in [2.05, 4.69) is 10.5 Å². The van der Waals surface area contributed by atoms with Crippen molar-refractivity contribution < 1.29 is 9.32 Å². The first kappa shape index (κ1) is 18.6. The number of amides is 1. The SMILES string of the molecule is CN(CCCCCc1cc(-c2ccccc2)no1)C(=O)CC1CCCN1. The summed E-state index contributed by atoms with van der Waals surface area (Å²) >= 11 is 0. The molecule has 2 heterocycles. The van der Waals surface area contributed by atoms with Crippen LogP contribution in [0.4, 0.5) is 0 Å². The number of nitrogens with zero attached hydrogens (tertiary/aromatic N) is 2. The number of aryl methyl sites for hydroxylation is 1. The minimum absolute atomic E-state index is 0.257. The van der Waals surface area contributed by atoms with Gasteiger partial charge in [0.2, 0.25) is 5.91 Å². The van der Waals surface area contributed by atoms with Gasteiger partial charge in [-0.3, -0.25) is 4.79 Å². The summed E-state index contributed by atoms with van der Waals surface area (Å²) in [5.74, 6) is 1.19. The summed E-state index contributed by atoms with van der Waals surface area (Å²) in [6.07, 6.45) is 7.01. The Bertz CT molecular complexity index is 678. The van der Waals surface area contributed by atoms with E-state index >= 15 is 0 Å². The van der Waals surface area contributed by atoms with Gasteiger partial charge >= 0.3 is 0 Å². The zero-order valence-electron chi connectivity index (χ0n) is 15.6. The van der Waals surface area contributed by atoms with Crippen LogP contribution in [0.5, 0.6) is 0 Å². The number of hydrogen-bond acceptors (Lipinski definition) is 4. The molecule has 1 N–H and O–H groups in total. The number of rotatable bonds is 9.